The first-order valence-corrected chi connectivity index (χ1v) is 34.8. The number of alkyl halides is 24. The molecule has 0 fully saturated rings. The summed E-state index contributed by atoms with van der Waals surface area (Å²) in [5.74, 6) is -46.7. The van der Waals surface area contributed by atoms with E-state index in [0.717, 1.165) is 36.4 Å². The van der Waals surface area contributed by atoms with E-state index in [-0.39, 0.29) is 34.4 Å². The van der Waals surface area contributed by atoms with Crippen LogP contribution in [0.4, 0.5) is 177 Å². The second-order valence-electron chi connectivity index (χ2n) is 26.2. The van der Waals surface area contributed by atoms with E-state index in [4.69, 9.17) is 4.34 Å². The Morgan fingerprint density at radius 2 is 0.388 bits per heavy atom. The molecule has 0 spiro atoms. The molecular weight excluding hydrogens is 1740 g/mol. The number of hydrogen-bond acceptors (Lipinski definition) is 1. The van der Waals surface area contributed by atoms with E-state index < -0.39 is 313 Å². The Morgan fingerprint density at radius 1 is 0.231 bits per heavy atom. The van der Waals surface area contributed by atoms with Crippen molar-refractivity contribution < 1.29 is 199 Å². The molecule has 11 aromatic rings. The first kappa shape index (κ1) is 96.0. The van der Waals surface area contributed by atoms with Crippen LogP contribution in [0.5, 0.6) is 0 Å². The molecule has 0 aromatic heterocycles. The molecule has 0 saturated carbocycles. The first-order chi connectivity index (χ1) is 55.1. The van der Waals surface area contributed by atoms with Crippen LogP contribution in [0, 0.1) is 87.3 Å². The number of benzene rings is 11. The van der Waals surface area contributed by atoms with Gasteiger partial charge in [-0.05, 0) is 52.0 Å². The zero-order chi connectivity index (χ0) is 90.0. The number of para-hydroxylation sites is 1. The molecule has 0 bridgehead atoms. The van der Waals surface area contributed by atoms with Crippen LogP contribution in [0.2, 0.25) is 0 Å². The Kier molecular flexibility index (Phi) is 27.3. The second-order valence-corrected chi connectivity index (χ2v) is 29.6. The summed E-state index contributed by atoms with van der Waals surface area (Å²) in [6.07, 6.45) is -61.2. The molecule has 0 radical (unpaired) electrons. The number of hydrogen-bond donors (Lipinski definition) is 1. The topological polar surface area (TPSA) is 13.7 Å². The van der Waals surface area contributed by atoms with Gasteiger partial charge in [0.2, 0.25) is 14.7 Å². The second kappa shape index (κ2) is 34.5. The van der Waals surface area contributed by atoms with Crippen molar-refractivity contribution in [2.45, 2.75) is 49.4 Å². The predicted octanol–water partition coefficient (Wildman–Crippen LogP) is 15.1. The Morgan fingerprint density at radius 3 is 0.537 bits per heavy atom. The molecule has 0 saturated heterocycles. The van der Waals surface area contributed by atoms with Gasteiger partial charge in [-0.2, -0.15) is 127 Å². The van der Waals surface area contributed by atoms with Crippen LogP contribution in [0.1, 0.15) is 44.5 Å². The van der Waals surface area contributed by atoms with Crippen LogP contribution in [0.25, 0.3) is 0 Å². The average molecular weight is 1780 g/mol. The van der Waals surface area contributed by atoms with Crippen LogP contribution in [0.15, 0.2) is 194 Å². The van der Waals surface area contributed by atoms with Crippen LogP contribution in [-0.2, 0) is 53.8 Å². The smallest absolute Gasteiger partial charge is 0.614 e. The van der Waals surface area contributed by atoms with Gasteiger partial charge in [0.05, 0.1) is 58.6 Å². The van der Waals surface area contributed by atoms with Gasteiger partial charge < -0.3 is 9.24 Å². The molecule has 11 rings (SSSR count). The summed E-state index contributed by atoms with van der Waals surface area (Å²) in [6.45, 7) is 0. The molecule has 638 valence electrons. The molecule has 0 aliphatic heterocycles. The first-order valence-electron chi connectivity index (χ1n) is 32.9. The third kappa shape index (κ3) is 18.8. The molecule has 0 unspecified atom stereocenters. The zero-order valence-electron chi connectivity index (χ0n) is 59.8. The fraction of sp³-hybridized carbons (Fsp3) is 0.132. The van der Waals surface area contributed by atoms with E-state index in [9.17, 15) is 119 Å². The van der Waals surface area contributed by atoms with Crippen molar-refractivity contribution in [3.63, 3.8) is 0 Å². The average Bonchev–Trinajstić information content (AvgIpc) is 0.691. The SMILES string of the molecule is C[NH+](C)c1ccccc1.FC(F)(F)c1cc([B-](c2cc(C(F)(F)F)cc(C(F)(F)F)c2)(c2cc(C(F)(F)F)cc(C(F)(F)F)c2)c2cc(C(F)(F)F)cc(C(F)(F)F)c2)cc(C(F)(F)F)c1.Fc1c(F)c(F)c([B-](O[Si](c2ccccc2)(c2ccccc2)c2ccccc2)(c2c(F)c(F)c(F)c(F)c2F)c2c(F)c(F)c(F)c(F)c2F)c(F)c1F.[Li+]. The van der Waals surface area contributed by atoms with Gasteiger partial charge >= 0.3 is 68.3 Å². The minimum atomic E-state index is -6.35. The van der Waals surface area contributed by atoms with Gasteiger partial charge in [0.25, 0.3) is 0 Å². The number of rotatable bonds is 13. The summed E-state index contributed by atoms with van der Waals surface area (Å²) in [5.41, 5.74) is -37.4. The summed E-state index contributed by atoms with van der Waals surface area (Å²) >= 11 is 0. The Labute approximate surface area is 666 Å². The number of halogens is 39. The van der Waals surface area contributed by atoms with Crippen molar-refractivity contribution in [1.82, 2.24) is 0 Å². The summed E-state index contributed by atoms with van der Waals surface area (Å²) in [4.78, 5) is 1.37. The van der Waals surface area contributed by atoms with Gasteiger partial charge in [-0.25, -0.2) is 65.9 Å². The summed E-state index contributed by atoms with van der Waals surface area (Å²) < 4.78 is 580. The molecule has 0 heterocycles. The maximum absolute atomic E-state index is 16.4. The maximum Gasteiger partial charge on any atom is 1.00 e. The van der Waals surface area contributed by atoms with Gasteiger partial charge in [0, 0.05) is 0 Å². The van der Waals surface area contributed by atoms with E-state index in [1.165, 1.54) is 65.2 Å². The minimum Gasteiger partial charge on any atom is -0.614 e. The van der Waals surface area contributed by atoms with Crippen molar-refractivity contribution >= 4 is 80.3 Å². The third-order valence-corrected chi connectivity index (χ3v) is 22.8. The Bertz CT molecular complexity index is 4850. The number of nitrogens with one attached hydrogen (secondary N) is 1. The molecular formula is C76H39B2F39LiNOSi. The Hall–Kier alpha value is -10.4. The van der Waals surface area contributed by atoms with Gasteiger partial charge in [0.1, 0.15) is 46.7 Å². The normalized spacial score (nSPS) is 12.9. The molecule has 0 atom stereocenters. The zero-order valence-corrected chi connectivity index (χ0v) is 60.8. The van der Waals surface area contributed by atoms with Gasteiger partial charge in [-0.1, -0.05) is 174 Å². The van der Waals surface area contributed by atoms with Crippen LogP contribution < -0.4 is 77.6 Å². The van der Waals surface area contributed by atoms with E-state index in [1.807, 2.05) is 6.07 Å². The molecule has 1 N–H and O–H groups in total. The largest absolute Gasteiger partial charge is 1.00 e. The summed E-state index contributed by atoms with van der Waals surface area (Å²) in [7, 11) is -1.14. The minimum absolute atomic E-state index is 0. The van der Waals surface area contributed by atoms with Crippen LogP contribution >= 0.6 is 0 Å². The molecule has 0 aliphatic rings. The quantitative estimate of drug-likeness (QED) is 0.0399. The van der Waals surface area contributed by atoms with Crippen molar-refractivity contribution in [2.24, 2.45) is 0 Å². The maximum atomic E-state index is 16.4. The monoisotopic (exact) mass is 1780 g/mol. The van der Waals surface area contributed by atoms with E-state index in [0.29, 0.717) is 0 Å². The van der Waals surface area contributed by atoms with Crippen LogP contribution in [0.3, 0.4) is 0 Å². The van der Waals surface area contributed by atoms with Crippen molar-refractivity contribution in [3.05, 3.63) is 326 Å². The van der Waals surface area contributed by atoms with Crippen LogP contribution in [-0.4, -0.2) is 34.9 Å². The fourth-order valence-corrected chi connectivity index (χ4v) is 17.7. The molecule has 2 nitrogen and oxygen atoms in total. The van der Waals surface area contributed by atoms with Crippen molar-refractivity contribution in [3.8, 4) is 0 Å². The summed E-state index contributed by atoms with van der Waals surface area (Å²) in [6, 6.07) is 20.0. The van der Waals surface area contributed by atoms with Crippen molar-refractivity contribution in [1.29, 1.82) is 0 Å². The van der Waals surface area contributed by atoms with Crippen molar-refractivity contribution in [2.75, 3.05) is 14.1 Å². The standard InChI is InChI=1S/C36H15BF15OSi.C32H12BF24.C8H11N.Li/c38-22-19(23(39)29(45)34(50)28(22)44)37(20-24(40)30(46)35(51)31(47)25(20)41,21-26(42)32(48)36(52)33(49)27(21)43)53-54(16-10-4-1-5-11-16,17-12-6-2-7-13-17)18-14-8-3-9-15-18;34-25(35,36)13-1-14(26(37,38)39)6-21(5-13)33(22-7-15(27(40,41)42)2-16(8-22)28(43,44)45,23-9-17(29(46,47)48)3-18(10-23)30(49,50)51)24-11-19(31(52,53)54)4-20(12-24)32(55,56)57;1-9(2)8-6-4-3-5-7-8;/h1-15H;1-12H;3-7H,1-2H3;/q2*-1;;+1/p+1. The van der Waals surface area contributed by atoms with Gasteiger partial charge in [-0.15, -0.1) is 0 Å². The molecule has 121 heavy (non-hydrogen) atoms. The molecule has 0 aliphatic carbocycles. The van der Waals surface area contributed by atoms with E-state index >= 15 is 52.7 Å². The third-order valence-electron chi connectivity index (χ3n) is 18.6. The van der Waals surface area contributed by atoms with E-state index in [2.05, 4.69) is 38.4 Å². The van der Waals surface area contributed by atoms with Gasteiger partial charge in [0.15, 0.2) is 52.4 Å². The fourth-order valence-electron chi connectivity index (χ4n) is 13.4. The van der Waals surface area contributed by atoms with Gasteiger partial charge in [-0.3, -0.25) is 0 Å². The molecule has 11 aromatic carbocycles. The van der Waals surface area contributed by atoms with E-state index in [1.54, 1.807) is 0 Å². The predicted molar refractivity (Wildman–Crippen MR) is 357 cm³/mol. The molecule has 45 heteroatoms. The Balaban J connectivity index is 0.000000270. The molecule has 0 amide bonds. The summed E-state index contributed by atoms with van der Waals surface area (Å²) in [5, 5.41) is -0.819. The number of quaternary nitrogens is 1.